The molecular formula is C20H30IN7O. The number of amides is 1. The Hall–Kier alpha value is -2.30. The number of hydrogen-bond acceptors (Lipinski definition) is 4. The first-order chi connectivity index (χ1) is 13.7. The number of rotatable bonds is 7. The summed E-state index contributed by atoms with van der Waals surface area (Å²) in [6.45, 7) is 6.08. The number of nitrogens with zero attached hydrogens (tertiary/aromatic N) is 5. The summed E-state index contributed by atoms with van der Waals surface area (Å²) in [5.41, 5.74) is 1.97. The Labute approximate surface area is 189 Å². The SMILES string of the molecule is CCNC(=NCCCNc1ccccc1)N1CCN(c2cnn(C)c2)C(=O)C1.I. The average molecular weight is 511 g/mol. The maximum atomic E-state index is 12.6. The van der Waals surface area contributed by atoms with E-state index in [4.69, 9.17) is 4.99 Å². The summed E-state index contributed by atoms with van der Waals surface area (Å²) in [6, 6.07) is 10.2. The molecule has 1 amide bonds. The number of guanidine groups is 1. The molecule has 29 heavy (non-hydrogen) atoms. The van der Waals surface area contributed by atoms with E-state index in [0.29, 0.717) is 19.6 Å². The van der Waals surface area contributed by atoms with Gasteiger partial charge in [0.25, 0.3) is 0 Å². The van der Waals surface area contributed by atoms with Gasteiger partial charge in [-0.25, -0.2) is 0 Å². The van der Waals surface area contributed by atoms with Crippen molar-refractivity contribution in [3.63, 3.8) is 0 Å². The average Bonchev–Trinajstić information content (AvgIpc) is 3.13. The van der Waals surface area contributed by atoms with E-state index < -0.39 is 0 Å². The highest BCUT2D eigenvalue weighted by Gasteiger charge is 2.27. The van der Waals surface area contributed by atoms with Gasteiger partial charge in [-0.2, -0.15) is 5.10 Å². The molecule has 0 radical (unpaired) electrons. The van der Waals surface area contributed by atoms with Crippen molar-refractivity contribution in [1.82, 2.24) is 20.0 Å². The highest BCUT2D eigenvalue weighted by molar-refractivity contribution is 14.0. The van der Waals surface area contributed by atoms with Crippen LogP contribution in [0.15, 0.2) is 47.7 Å². The van der Waals surface area contributed by atoms with Crippen molar-refractivity contribution in [3.05, 3.63) is 42.7 Å². The van der Waals surface area contributed by atoms with Gasteiger partial charge in [-0.15, -0.1) is 24.0 Å². The molecule has 2 heterocycles. The second-order valence-electron chi connectivity index (χ2n) is 6.72. The first-order valence-electron chi connectivity index (χ1n) is 9.78. The Morgan fingerprint density at radius 2 is 2.03 bits per heavy atom. The zero-order valence-corrected chi connectivity index (χ0v) is 19.4. The summed E-state index contributed by atoms with van der Waals surface area (Å²) in [5.74, 6) is 0.872. The number of anilines is 2. The predicted octanol–water partition coefficient (Wildman–Crippen LogP) is 2.15. The zero-order valence-electron chi connectivity index (χ0n) is 17.0. The lowest BCUT2D eigenvalue weighted by molar-refractivity contribution is -0.120. The number of aromatic nitrogens is 2. The number of aryl methyl sites for hydroxylation is 1. The van der Waals surface area contributed by atoms with Crippen LogP contribution in [0.3, 0.4) is 0 Å². The van der Waals surface area contributed by atoms with Crippen LogP contribution in [0.4, 0.5) is 11.4 Å². The molecule has 8 nitrogen and oxygen atoms in total. The highest BCUT2D eigenvalue weighted by Crippen LogP contribution is 2.16. The summed E-state index contributed by atoms with van der Waals surface area (Å²) >= 11 is 0. The minimum Gasteiger partial charge on any atom is -0.385 e. The van der Waals surface area contributed by atoms with Gasteiger partial charge in [-0.05, 0) is 25.5 Å². The van der Waals surface area contributed by atoms with Crippen molar-refractivity contribution in [3.8, 4) is 0 Å². The lowest BCUT2D eigenvalue weighted by Gasteiger charge is -2.35. The molecule has 0 aliphatic carbocycles. The minimum absolute atomic E-state index is 0. The van der Waals surface area contributed by atoms with Crippen LogP contribution in [-0.2, 0) is 11.8 Å². The standard InChI is InChI=1S/C20H29N7O.HI/c1-3-21-20(23-11-7-10-22-17-8-5-4-6-9-17)26-12-13-27(19(28)16-26)18-14-24-25(2)15-18;/h4-6,8-9,14-15,22H,3,7,10-13,16H2,1-2H3,(H,21,23);1H. The molecular weight excluding hydrogens is 481 g/mol. The smallest absolute Gasteiger partial charge is 0.246 e. The molecule has 1 aromatic carbocycles. The summed E-state index contributed by atoms with van der Waals surface area (Å²) in [4.78, 5) is 21.1. The molecule has 9 heteroatoms. The predicted molar refractivity (Wildman–Crippen MR) is 128 cm³/mol. The van der Waals surface area contributed by atoms with Crippen LogP contribution in [0.5, 0.6) is 0 Å². The topological polar surface area (TPSA) is 77.8 Å². The van der Waals surface area contributed by atoms with E-state index in [2.05, 4.69) is 27.9 Å². The Kier molecular flexibility index (Phi) is 9.23. The number of para-hydroxylation sites is 1. The van der Waals surface area contributed by atoms with Crippen molar-refractivity contribution in [2.24, 2.45) is 12.0 Å². The summed E-state index contributed by atoms with van der Waals surface area (Å²) < 4.78 is 1.71. The summed E-state index contributed by atoms with van der Waals surface area (Å²) in [5, 5.41) is 10.9. The van der Waals surface area contributed by atoms with Gasteiger partial charge in [0, 0.05) is 51.7 Å². The van der Waals surface area contributed by atoms with Crippen molar-refractivity contribution >= 4 is 47.2 Å². The van der Waals surface area contributed by atoms with Gasteiger partial charge in [0.05, 0.1) is 11.9 Å². The van der Waals surface area contributed by atoms with Gasteiger partial charge < -0.3 is 20.4 Å². The summed E-state index contributed by atoms with van der Waals surface area (Å²) in [7, 11) is 1.85. The molecule has 2 N–H and O–H groups in total. The second-order valence-corrected chi connectivity index (χ2v) is 6.72. The minimum atomic E-state index is 0. The maximum absolute atomic E-state index is 12.6. The third kappa shape index (κ3) is 6.62. The van der Waals surface area contributed by atoms with E-state index in [-0.39, 0.29) is 29.9 Å². The van der Waals surface area contributed by atoms with Gasteiger partial charge in [-0.1, -0.05) is 18.2 Å². The fourth-order valence-electron chi connectivity index (χ4n) is 3.15. The molecule has 0 saturated carbocycles. The van der Waals surface area contributed by atoms with E-state index in [1.807, 2.05) is 43.3 Å². The lowest BCUT2D eigenvalue weighted by Crippen LogP contribution is -2.55. The molecule has 0 unspecified atom stereocenters. The fourth-order valence-corrected chi connectivity index (χ4v) is 3.15. The molecule has 0 bridgehead atoms. The van der Waals surface area contributed by atoms with Crippen molar-refractivity contribution in [2.45, 2.75) is 13.3 Å². The number of nitrogens with one attached hydrogen (secondary N) is 2. The monoisotopic (exact) mass is 511 g/mol. The van der Waals surface area contributed by atoms with Gasteiger partial charge >= 0.3 is 0 Å². The van der Waals surface area contributed by atoms with Crippen LogP contribution >= 0.6 is 24.0 Å². The lowest BCUT2D eigenvalue weighted by atomic mass is 10.3. The second kappa shape index (κ2) is 11.6. The van der Waals surface area contributed by atoms with E-state index in [1.165, 1.54) is 0 Å². The van der Waals surface area contributed by atoms with Crippen molar-refractivity contribution in [2.75, 3.05) is 49.5 Å². The Morgan fingerprint density at radius 1 is 1.24 bits per heavy atom. The molecule has 158 valence electrons. The van der Waals surface area contributed by atoms with Crippen LogP contribution in [0.1, 0.15) is 13.3 Å². The Morgan fingerprint density at radius 3 is 2.69 bits per heavy atom. The number of carbonyl (C=O) groups is 1. The molecule has 1 aromatic heterocycles. The van der Waals surface area contributed by atoms with Crippen LogP contribution in [0.25, 0.3) is 0 Å². The quantitative estimate of drug-likeness (QED) is 0.258. The normalized spacial score (nSPS) is 14.6. The molecule has 1 aliphatic rings. The van der Waals surface area contributed by atoms with Crippen LogP contribution in [-0.4, -0.2) is 65.8 Å². The molecule has 0 spiro atoms. The van der Waals surface area contributed by atoms with Gasteiger partial charge in [0.15, 0.2) is 5.96 Å². The molecule has 1 aliphatic heterocycles. The Balaban J connectivity index is 0.00000300. The van der Waals surface area contributed by atoms with Gasteiger partial charge in [-0.3, -0.25) is 14.5 Å². The molecule has 1 saturated heterocycles. The van der Waals surface area contributed by atoms with E-state index in [9.17, 15) is 4.79 Å². The Bertz CT molecular complexity index is 793. The van der Waals surface area contributed by atoms with Crippen LogP contribution in [0.2, 0.25) is 0 Å². The van der Waals surface area contributed by atoms with E-state index >= 15 is 0 Å². The largest absolute Gasteiger partial charge is 0.385 e. The maximum Gasteiger partial charge on any atom is 0.246 e. The van der Waals surface area contributed by atoms with E-state index in [0.717, 1.165) is 43.4 Å². The first kappa shape index (κ1) is 23.0. The fraction of sp³-hybridized carbons (Fsp3) is 0.450. The number of halogens is 1. The number of hydrogen-bond donors (Lipinski definition) is 2. The third-order valence-electron chi connectivity index (χ3n) is 4.56. The van der Waals surface area contributed by atoms with Crippen LogP contribution in [0, 0.1) is 0 Å². The number of piperazine rings is 1. The molecule has 0 atom stereocenters. The molecule has 2 aromatic rings. The first-order valence-corrected chi connectivity index (χ1v) is 9.78. The van der Waals surface area contributed by atoms with Crippen molar-refractivity contribution in [1.29, 1.82) is 0 Å². The summed E-state index contributed by atoms with van der Waals surface area (Å²) in [6.07, 6.45) is 4.52. The van der Waals surface area contributed by atoms with Gasteiger partial charge in [0.1, 0.15) is 6.54 Å². The zero-order chi connectivity index (χ0) is 19.8. The van der Waals surface area contributed by atoms with Gasteiger partial charge in [0.2, 0.25) is 5.91 Å². The number of benzene rings is 1. The molecule has 1 fully saturated rings. The molecule has 3 rings (SSSR count). The van der Waals surface area contributed by atoms with E-state index in [1.54, 1.807) is 15.8 Å². The number of aliphatic imine (C=N–C) groups is 1. The third-order valence-corrected chi connectivity index (χ3v) is 4.56. The number of carbonyl (C=O) groups excluding carboxylic acids is 1. The van der Waals surface area contributed by atoms with Crippen LogP contribution < -0.4 is 15.5 Å². The highest BCUT2D eigenvalue weighted by atomic mass is 127. The van der Waals surface area contributed by atoms with Crippen molar-refractivity contribution < 1.29 is 4.79 Å².